The summed E-state index contributed by atoms with van der Waals surface area (Å²) in [6.45, 7) is 7.98. The number of benzene rings is 1. The Morgan fingerprint density at radius 3 is 2.47 bits per heavy atom. The average molecular weight is 500 g/mol. The molecule has 1 aromatic carbocycles. The summed E-state index contributed by atoms with van der Waals surface area (Å²) in [5.41, 5.74) is 0.203. The van der Waals surface area contributed by atoms with E-state index in [2.05, 4.69) is 10.3 Å². The van der Waals surface area contributed by atoms with Crippen molar-refractivity contribution in [1.82, 2.24) is 24.0 Å². The van der Waals surface area contributed by atoms with Gasteiger partial charge in [-0.2, -0.15) is 0 Å². The molecule has 0 saturated carbocycles. The maximum absolute atomic E-state index is 13.5. The molecule has 0 saturated heterocycles. The Bertz CT molecular complexity index is 1300. The minimum absolute atomic E-state index is 0.0156. The predicted octanol–water partition coefficient (Wildman–Crippen LogP) is 1.93. The number of carbonyl (C=O) groups is 1. The zero-order valence-electron chi connectivity index (χ0n) is 21.8. The van der Waals surface area contributed by atoms with Gasteiger partial charge in [-0.3, -0.25) is 24.0 Å². The monoisotopic (exact) mass is 499 g/mol. The van der Waals surface area contributed by atoms with Crippen LogP contribution >= 0.6 is 0 Å². The highest BCUT2D eigenvalue weighted by Gasteiger charge is 2.21. The highest BCUT2D eigenvalue weighted by molar-refractivity contribution is 5.72. The van der Waals surface area contributed by atoms with Gasteiger partial charge in [0.2, 0.25) is 0 Å². The molecule has 0 bridgehead atoms. The van der Waals surface area contributed by atoms with E-state index in [4.69, 9.17) is 4.74 Å². The fourth-order valence-electron chi connectivity index (χ4n) is 4.05. The quantitative estimate of drug-likeness (QED) is 0.305. The van der Waals surface area contributed by atoms with Crippen LogP contribution < -0.4 is 16.6 Å². The Morgan fingerprint density at radius 2 is 1.83 bits per heavy atom. The van der Waals surface area contributed by atoms with E-state index in [-0.39, 0.29) is 25.6 Å². The standard InChI is InChI=1S/C26H37N5O5/c1-18(32)11-9-10-14-30-24(34)22-23(29(5)25(30)35)28-20(15-27-16-21(33)36-26(2,3)4)31(22)17-19-12-7-6-8-13-19/h6-8,12-13,18,27,32H,9-11,14-17H2,1-5H3. The van der Waals surface area contributed by atoms with Crippen LogP contribution in [0.15, 0.2) is 39.9 Å². The summed E-state index contributed by atoms with van der Waals surface area (Å²) in [6, 6.07) is 9.68. The van der Waals surface area contributed by atoms with Crippen LogP contribution in [0, 0.1) is 0 Å². The molecule has 0 spiro atoms. The minimum Gasteiger partial charge on any atom is -0.459 e. The van der Waals surface area contributed by atoms with E-state index in [9.17, 15) is 19.5 Å². The Kier molecular flexibility index (Phi) is 8.86. The number of fused-ring (bicyclic) bond motifs is 1. The number of aliphatic hydroxyl groups is 1. The van der Waals surface area contributed by atoms with Crippen LogP contribution in [0.25, 0.3) is 11.2 Å². The van der Waals surface area contributed by atoms with Gasteiger partial charge in [0, 0.05) is 20.1 Å². The van der Waals surface area contributed by atoms with Crippen LogP contribution in [0.1, 0.15) is 58.3 Å². The van der Waals surface area contributed by atoms with Crippen LogP contribution in [0.3, 0.4) is 0 Å². The third kappa shape index (κ3) is 6.92. The Balaban J connectivity index is 1.97. The van der Waals surface area contributed by atoms with Crippen LogP contribution in [-0.2, 0) is 36.2 Å². The second kappa shape index (κ2) is 11.7. The number of rotatable bonds is 11. The zero-order chi connectivity index (χ0) is 26.5. The van der Waals surface area contributed by atoms with Crippen LogP contribution in [0.2, 0.25) is 0 Å². The van der Waals surface area contributed by atoms with Crippen LogP contribution in [0.5, 0.6) is 0 Å². The number of nitrogens with one attached hydrogen (secondary N) is 1. The van der Waals surface area contributed by atoms with Crippen molar-refractivity contribution in [2.45, 2.75) is 78.3 Å². The summed E-state index contributed by atoms with van der Waals surface area (Å²) >= 11 is 0. The number of aromatic nitrogens is 4. The summed E-state index contributed by atoms with van der Waals surface area (Å²) in [7, 11) is 1.61. The lowest BCUT2D eigenvalue weighted by Crippen LogP contribution is -2.39. The molecule has 3 rings (SSSR count). The topological polar surface area (TPSA) is 120 Å². The second-order valence-corrected chi connectivity index (χ2v) is 10.1. The molecular formula is C26H37N5O5. The predicted molar refractivity (Wildman–Crippen MR) is 138 cm³/mol. The molecule has 0 fully saturated rings. The minimum atomic E-state index is -0.586. The number of aryl methyl sites for hydroxylation is 1. The number of hydrogen-bond acceptors (Lipinski definition) is 7. The molecule has 0 aliphatic carbocycles. The second-order valence-electron chi connectivity index (χ2n) is 10.1. The number of esters is 1. The number of imidazole rings is 1. The van der Waals surface area contributed by atoms with Gasteiger partial charge in [-0.1, -0.05) is 30.3 Å². The van der Waals surface area contributed by atoms with Gasteiger partial charge in [-0.15, -0.1) is 0 Å². The number of unbranched alkanes of at least 4 members (excludes halogenated alkanes) is 1. The molecule has 2 N–H and O–H groups in total. The van der Waals surface area contributed by atoms with Crippen molar-refractivity contribution < 1.29 is 14.6 Å². The molecule has 36 heavy (non-hydrogen) atoms. The molecule has 3 aromatic rings. The van der Waals surface area contributed by atoms with E-state index in [0.29, 0.717) is 42.8 Å². The number of ether oxygens (including phenoxy) is 1. The lowest BCUT2D eigenvalue weighted by atomic mass is 10.2. The van der Waals surface area contributed by atoms with Gasteiger partial charge in [0.15, 0.2) is 11.2 Å². The fourth-order valence-corrected chi connectivity index (χ4v) is 4.05. The SMILES string of the molecule is CC(O)CCCCn1c(=O)c2c(nc(CNCC(=O)OC(C)(C)C)n2Cc2ccccc2)n(C)c1=O. The number of hydrogen-bond donors (Lipinski definition) is 2. The van der Waals surface area contributed by atoms with Crippen LogP contribution in [-0.4, -0.2) is 48.0 Å². The van der Waals surface area contributed by atoms with Crippen molar-refractivity contribution >= 4 is 17.1 Å². The Labute approximate surface area is 210 Å². The van der Waals surface area contributed by atoms with E-state index in [0.717, 1.165) is 5.56 Å². The molecule has 0 aliphatic rings. The van der Waals surface area contributed by atoms with Gasteiger partial charge in [-0.25, -0.2) is 9.78 Å². The van der Waals surface area contributed by atoms with Crippen molar-refractivity contribution in [2.24, 2.45) is 7.05 Å². The first kappa shape index (κ1) is 27.3. The maximum Gasteiger partial charge on any atom is 0.332 e. The summed E-state index contributed by atoms with van der Waals surface area (Å²) in [4.78, 5) is 43.3. The lowest BCUT2D eigenvalue weighted by molar-refractivity contribution is -0.153. The van der Waals surface area contributed by atoms with Crippen molar-refractivity contribution in [3.05, 3.63) is 62.6 Å². The molecule has 0 amide bonds. The summed E-state index contributed by atoms with van der Waals surface area (Å²) in [6.07, 6.45) is 1.49. The number of aliphatic hydroxyl groups excluding tert-OH is 1. The highest BCUT2D eigenvalue weighted by atomic mass is 16.6. The highest BCUT2D eigenvalue weighted by Crippen LogP contribution is 2.15. The number of carbonyl (C=O) groups excluding carboxylic acids is 1. The van der Waals surface area contributed by atoms with Gasteiger partial charge in [0.25, 0.3) is 5.56 Å². The molecule has 196 valence electrons. The molecule has 1 unspecified atom stereocenters. The van der Waals surface area contributed by atoms with Crippen LogP contribution in [0.4, 0.5) is 0 Å². The Hall–Kier alpha value is -3.24. The van der Waals surface area contributed by atoms with Gasteiger partial charge < -0.3 is 14.4 Å². The van der Waals surface area contributed by atoms with Gasteiger partial charge in [-0.05, 0) is 52.5 Å². The average Bonchev–Trinajstić information content (AvgIpc) is 3.14. The molecule has 2 heterocycles. The molecule has 2 aromatic heterocycles. The molecule has 10 heteroatoms. The molecule has 0 aliphatic heterocycles. The first-order chi connectivity index (χ1) is 17.0. The first-order valence-electron chi connectivity index (χ1n) is 12.3. The first-order valence-corrected chi connectivity index (χ1v) is 12.3. The van der Waals surface area contributed by atoms with Gasteiger partial charge >= 0.3 is 11.7 Å². The van der Waals surface area contributed by atoms with E-state index in [1.807, 2.05) is 30.3 Å². The largest absolute Gasteiger partial charge is 0.459 e. The molecule has 0 radical (unpaired) electrons. The van der Waals surface area contributed by atoms with E-state index >= 15 is 0 Å². The summed E-state index contributed by atoms with van der Waals surface area (Å²) in [5.74, 6) is 0.150. The molecular weight excluding hydrogens is 462 g/mol. The van der Waals surface area contributed by atoms with Crippen molar-refractivity contribution in [3.63, 3.8) is 0 Å². The zero-order valence-corrected chi connectivity index (χ0v) is 21.8. The van der Waals surface area contributed by atoms with Gasteiger partial charge in [0.05, 0.1) is 19.2 Å². The van der Waals surface area contributed by atoms with E-state index in [1.165, 1.54) is 9.13 Å². The summed E-state index contributed by atoms with van der Waals surface area (Å²) < 4.78 is 9.79. The molecule has 1 atom stereocenters. The smallest absolute Gasteiger partial charge is 0.332 e. The summed E-state index contributed by atoms with van der Waals surface area (Å²) in [5, 5.41) is 12.6. The fraction of sp³-hybridized carbons (Fsp3) is 0.538. The number of nitrogens with zero attached hydrogens (tertiary/aromatic N) is 4. The Morgan fingerprint density at radius 1 is 1.14 bits per heavy atom. The lowest BCUT2D eigenvalue weighted by Gasteiger charge is -2.19. The van der Waals surface area contributed by atoms with Crippen molar-refractivity contribution in [2.75, 3.05) is 6.54 Å². The van der Waals surface area contributed by atoms with E-state index in [1.54, 1.807) is 39.3 Å². The van der Waals surface area contributed by atoms with Crippen molar-refractivity contribution in [1.29, 1.82) is 0 Å². The normalized spacial score (nSPS) is 12.7. The third-order valence-corrected chi connectivity index (χ3v) is 5.72. The van der Waals surface area contributed by atoms with Gasteiger partial charge in [0.1, 0.15) is 11.4 Å². The maximum atomic E-state index is 13.5. The van der Waals surface area contributed by atoms with Crippen molar-refractivity contribution in [3.8, 4) is 0 Å². The molecule has 10 nitrogen and oxygen atoms in total. The van der Waals surface area contributed by atoms with E-state index < -0.39 is 23.0 Å². The third-order valence-electron chi connectivity index (χ3n) is 5.72.